The second kappa shape index (κ2) is 5.13. The number of aromatic nitrogens is 2. The molecule has 0 aliphatic rings. The first-order valence-electron chi connectivity index (χ1n) is 6.53. The van der Waals surface area contributed by atoms with Crippen molar-refractivity contribution in [3.8, 4) is 0 Å². The lowest BCUT2D eigenvalue weighted by Gasteiger charge is -2.25. The molecular weight excluding hydrogens is 238 g/mol. The summed E-state index contributed by atoms with van der Waals surface area (Å²) in [6.45, 7) is 7.51. The average Bonchev–Trinajstić information content (AvgIpc) is 2.65. The van der Waals surface area contributed by atoms with Crippen LogP contribution >= 0.6 is 0 Å². The van der Waals surface area contributed by atoms with Gasteiger partial charge in [0.05, 0.1) is 17.6 Å². The Balaban J connectivity index is 2.31. The Kier molecular flexibility index (Phi) is 3.71. The fraction of sp³-hybridized carbons (Fsp3) is 0.467. The third kappa shape index (κ3) is 2.68. The molecule has 2 aromatic rings. The first kappa shape index (κ1) is 13.7. The summed E-state index contributed by atoms with van der Waals surface area (Å²) >= 11 is 0. The zero-order valence-electron chi connectivity index (χ0n) is 12.0. The molecule has 0 amide bonds. The summed E-state index contributed by atoms with van der Waals surface area (Å²) in [6.07, 6.45) is 0.890. The highest BCUT2D eigenvalue weighted by Gasteiger charge is 2.21. The molecule has 102 valence electrons. The molecule has 1 aromatic carbocycles. The quantitative estimate of drug-likeness (QED) is 0.659. The molecule has 1 aromatic heterocycles. The first-order chi connectivity index (χ1) is 8.95. The maximum Gasteiger partial charge on any atom is 0.133 e. The van der Waals surface area contributed by atoms with Crippen molar-refractivity contribution in [3.05, 3.63) is 29.6 Å². The van der Waals surface area contributed by atoms with Crippen LogP contribution < -0.4 is 5.32 Å². The molecule has 0 bridgehead atoms. The van der Waals surface area contributed by atoms with Crippen LogP contribution in [0.15, 0.2) is 18.2 Å². The van der Waals surface area contributed by atoms with E-state index in [-0.39, 0.29) is 5.41 Å². The number of carbonyl (C=O) groups is 1. The van der Waals surface area contributed by atoms with Gasteiger partial charge in [0.15, 0.2) is 0 Å². The van der Waals surface area contributed by atoms with Gasteiger partial charge < -0.3 is 14.7 Å². The minimum Gasteiger partial charge on any atom is -0.331 e. The molecular formula is C15H21N3O. The third-order valence-corrected chi connectivity index (χ3v) is 3.68. The molecule has 4 heteroatoms. The van der Waals surface area contributed by atoms with Crippen molar-refractivity contribution in [3.63, 3.8) is 0 Å². The number of nitrogens with zero attached hydrogens (tertiary/aromatic N) is 2. The van der Waals surface area contributed by atoms with E-state index in [1.54, 1.807) is 0 Å². The van der Waals surface area contributed by atoms with E-state index >= 15 is 0 Å². The highest BCUT2D eigenvalue weighted by Crippen LogP contribution is 2.26. The molecule has 0 spiro atoms. The number of rotatable bonds is 5. The van der Waals surface area contributed by atoms with Crippen LogP contribution in [0.1, 0.15) is 25.2 Å². The Morgan fingerprint density at radius 1 is 1.42 bits per heavy atom. The Morgan fingerprint density at radius 2 is 2.16 bits per heavy atom. The summed E-state index contributed by atoms with van der Waals surface area (Å²) in [5.41, 5.74) is 3.39. The fourth-order valence-corrected chi connectivity index (χ4v) is 2.29. The highest BCUT2D eigenvalue weighted by atomic mass is 16.1. The number of imidazole rings is 1. The van der Waals surface area contributed by atoms with Crippen LogP contribution in [-0.4, -0.2) is 28.9 Å². The normalized spacial score (nSPS) is 12.0. The maximum atomic E-state index is 10.4. The van der Waals surface area contributed by atoms with E-state index in [1.165, 1.54) is 5.56 Å². The summed E-state index contributed by atoms with van der Waals surface area (Å²) in [4.78, 5) is 14.9. The summed E-state index contributed by atoms with van der Waals surface area (Å²) in [5.74, 6) is 1.02. The van der Waals surface area contributed by atoms with Gasteiger partial charge in [0.2, 0.25) is 0 Å². The smallest absolute Gasteiger partial charge is 0.133 e. The lowest BCUT2D eigenvalue weighted by atomic mass is 9.84. The fourth-order valence-electron chi connectivity index (χ4n) is 2.29. The number of hydrogen-bond acceptors (Lipinski definition) is 3. The zero-order valence-corrected chi connectivity index (χ0v) is 12.0. The monoisotopic (exact) mass is 259 g/mol. The van der Waals surface area contributed by atoms with Crippen LogP contribution in [0.4, 0.5) is 0 Å². The van der Waals surface area contributed by atoms with Crippen LogP contribution in [0, 0.1) is 6.92 Å². The lowest BCUT2D eigenvalue weighted by Crippen LogP contribution is -2.33. The topological polar surface area (TPSA) is 46.9 Å². The van der Waals surface area contributed by atoms with E-state index in [9.17, 15) is 4.79 Å². The van der Waals surface area contributed by atoms with Gasteiger partial charge in [-0.2, -0.15) is 0 Å². The van der Waals surface area contributed by atoms with E-state index in [0.29, 0.717) is 6.54 Å². The van der Waals surface area contributed by atoms with Gasteiger partial charge in [-0.05, 0) is 24.6 Å². The van der Waals surface area contributed by atoms with Crippen molar-refractivity contribution in [1.82, 2.24) is 14.9 Å². The van der Waals surface area contributed by atoms with Crippen molar-refractivity contribution in [2.75, 3.05) is 13.1 Å². The molecule has 0 radical (unpaired) electrons. The number of benzene rings is 1. The van der Waals surface area contributed by atoms with Crippen LogP contribution in [-0.2, 0) is 17.3 Å². The van der Waals surface area contributed by atoms with Crippen molar-refractivity contribution < 1.29 is 4.79 Å². The second-order valence-corrected chi connectivity index (χ2v) is 5.60. The van der Waals surface area contributed by atoms with Crippen LogP contribution in [0.2, 0.25) is 0 Å². The minimum absolute atomic E-state index is 0.0252. The molecule has 0 saturated carbocycles. The molecule has 0 saturated heterocycles. The number of aldehydes is 1. The van der Waals surface area contributed by atoms with E-state index < -0.39 is 0 Å². The molecule has 19 heavy (non-hydrogen) atoms. The number of nitrogens with one attached hydrogen (secondary N) is 1. The number of carbonyl (C=O) groups excluding carboxylic acids is 1. The van der Waals surface area contributed by atoms with Gasteiger partial charge in [0, 0.05) is 19.0 Å². The molecule has 0 atom stereocenters. The van der Waals surface area contributed by atoms with Crippen molar-refractivity contribution >= 4 is 17.3 Å². The van der Waals surface area contributed by atoms with Crippen LogP contribution in [0.25, 0.3) is 11.0 Å². The maximum absolute atomic E-state index is 10.4. The highest BCUT2D eigenvalue weighted by molar-refractivity contribution is 5.77. The van der Waals surface area contributed by atoms with E-state index in [2.05, 4.69) is 46.9 Å². The molecule has 2 rings (SSSR count). The number of fused-ring (bicyclic) bond motifs is 1. The predicted octanol–water partition coefficient (Wildman–Crippen LogP) is 1.95. The predicted molar refractivity (Wildman–Crippen MR) is 77.4 cm³/mol. The molecule has 0 aliphatic heterocycles. The number of aryl methyl sites for hydroxylation is 2. The molecule has 0 aliphatic carbocycles. The Bertz CT molecular complexity index is 599. The van der Waals surface area contributed by atoms with Crippen LogP contribution in [0.3, 0.4) is 0 Å². The second-order valence-electron chi connectivity index (χ2n) is 5.60. The van der Waals surface area contributed by atoms with Gasteiger partial charge in [-0.15, -0.1) is 0 Å². The Labute approximate surface area is 113 Å². The van der Waals surface area contributed by atoms with Gasteiger partial charge in [-0.3, -0.25) is 0 Å². The van der Waals surface area contributed by atoms with E-state index in [4.69, 9.17) is 0 Å². The van der Waals surface area contributed by atoms with Crippen molar-refractivity contribution in [1.29, 1.82) is 0 Å². The van der Waals surface area contributed by atoms with E-state index in [0.717, 1.165) is 29.7 Å². The molecule has 1 N–H and O–H groups in total. The molecule has 0 unspecified atom stereocenters. The largest absolute Gasteiger partial charge is 0.331 e. The summed E-state index contributed by atoms with van der Waals surface area (Å²) in [5, 5.41) is 3.14. The van der Waals surface area contributed by atoms with E-state index in [1.807, 2.05) is 14.0 Å². The molecule has 1 heterocycles. The third-order valence-electron chi connectivity index (χ3n) is 3.68. The van der Waals surface area contributed by atoms with Crippen molar-refractivity contribution in [2.24, 2.45) is 7.05 Å². The SMILES string of the molecule is Cc1nc2cc(C(C)(C)CNCC=O)ccc2n1C. The Morgan fingerprint density at radius 3 is 2.84 bits per heavy atom. The zero-order chi connectivity index (χ0) is 14.0. The first-order valence-corrected chi connectivity index (χ1v) is 6.53. The summed E-state index contributed by atoms with van der Waals surface area (Å²) in [6, 6.07) is 6.41. The molecule has 4 nitrogen and oxygen atoms in total. The molecule has 0 fully saturated rings. The average molecular weight is 259 g/mol. The van der Waals surface area contributed by atoms with Gasteiger partial charge in [-0.25, -0.2) is 4.98 Å². The standard InChI is InChI=1S/C15H21N3O/c1-11-17-13-9-12(5-6-14(13)18(11)4)15(2,3)10-16-7-8-19/h5-6,8-9,16H,7,10H2,1-4H3. The van der Waals surface area contributed by atoms with Crippen molar-refractivity contribution in [2.45, 2.75) is 26.2 Å². The van der Waals surface area contributed by atoms with Crippen LogP contribution in [0.5, 0.6) is 0 Å². The summed E-state index contributed by atoms with van der Waals surface area (Å²) in [7, 11) is 2.03. The number of hydrogen-bond donors (Lipinski definition) is 1. The minimum atomic E-state index is -0.0252. The van der Waals surface area contributed by atoms with Gasteiger partial charge in [0.25, 0.3) is 0 Å². The van der Waals surface area contributed by atoms with Gasteiger partial charge >= 0.3 is 0 Å². The summed E-state index contributed by atoms with van der Waals surface area (Å²) < 4.78 is 2.09. The lowest BCUT2D eigenvalue weighted by molar-refractivity contribution is -0.107. The van der Waals surface area contributed by atoms with Gasteiger partial charge in [-0.1, -0.05) is 19.9 Å². The Hall–Kier alpha value is -1.68. The van der Waals surface area contributed by atoms with Gasteiger partial charge in [0.1, 0.15) is 12.1 Å².